The quantitative estimate of drug-likeness (QED) is 0.804. The van der Waals surface area contributed by atoms with Gasteiger partial charge in [0, 0.05) is 5.92 Å². The van der Waals surface area contributed by atoms with Crippen LogP contribution in [-0.4, -0.2) is 17.8 Å². The molecule has 2 unspecified atom stereocenters. The third-order valence-electron chi connectivity index (χ3n) is 3.02. The van der Waals surface area contributed by atoms with Crippen LogP contribution in [0.4, 0.5) is 0 Å². The fourth-order valence-electron chi connectivity index (χ4n) is 2.43. The second-order valence-corrected chi connectivity index (χ2v) is 5.75. The Morgan fingerprint density at radius 1 is 1.28 bits per heavy atom. The molecule has 2 heteroatoms. The lowest BCUT2D eigenvalue weighted by Gasteiger charge is -2.33. The van der Waals surface area contributed by atoms with Crippen molar-refractivity contribution in [2.45, 2.75) is 39.7 Å². The monoisotopic (exact) mass is 248 g/mol. The lowest BCUT2D eigenvalue weighted by atomic mass is 9.74. The molecule has 0 saturated carbocycles. The summed E-state index contributed by atoms with van der Waals surface area (Å²) in [5.41, 5.74) is 1.17. The molecule has 1 rings (SSSR count). The molecule has 1 aromatic rings. The molecule has 0 bridgehead atoms. The zero-order chi connectivity index (χ0) is 13.8. The fraction of sp³-hybridized carbons (Fsp3) is 0.500. The van der Waals surface area contributed by atoms with Crippen LogP contribution in [0.5, 0.6) is 5.75 Å². The van der Waals surface area contributed by atoms with E-state index in [9.17, 15) is 5.11 Å². The molecule has 1 aromatic carbocycles. The first-order chi connectivity index (χ1) is 8.36. The van der Waals surface area contributed by atoms with Gasteiger partial charge in [0.15, 0.2) is 0 Å². The van der Waals surface area contributed by atoms with Crippen molar-refractivity contribution in [2.24, 2.45) is 5.41 Å². The molecule has 2 nitrogen and oxygen atoms in total. The van der Waals surface area contributed by atoms with E-state index >= 15 is 0 Å². The van der Waals surface area contributed by atoms with E-state index in [4.69, 9.17) is 4.74 Å². The Bertz CT molecular complexity index is 371. The number of aliphatic hydroxyl groups excluding tert-OH is 1. The van der Waals surface area contributed by atoms with E-state index in [0.717, 1.165) is 11.3 Å². The highest BCUT2D eigenvalue weighted by molar-refractivity contribution is 5.31. The van der Waals surface area contributed by atoms with Gasteiger partial charge in [0.05, 0.1) is 6.10 Å². The maximum atomic E-state index is 9.97. The van der Waals surface area contributed by atoms with Gasteiger partial charge in [0.1, 0.15) is 12.4 Å². The van der Waals surface area contributed by atoms with Crippen LogP contribution in [0.3, 0.4) is 0 Å². The molecular formula is C16H24O2. The van der Waals surface area contributed by atoms with Gasteiger partial charge >= 0.3 is 0 Å². The molecule has 0 saturated heterocycles. The van der Waals surface area contributed by atoms with E-state index in [1.165, 1.54) is 0 Å². The Morgan fingerprint density at radius 3 is 2.22 bits per heavy atom. The van der Waals surface area contributed by atoms with E-state index in [0.29, 0.717) is 6.61 Å². The van der Waals surface area contributed by atoms with Crippen molar-refractivity contribution in [3.63, 3.8) is 0 Å². The summed E-state index contributed by atoms with van der Waals surface area (Å²) in [4.78, 5) is 0. The van der Waals surface area contributed by atoms with Crippen molar-refractivity contribution < 1.29 is 9.84 Å². The fourth-order valence-corrected chi connectivity index (χ4v) is 2.43. The molecular weight excluding hydrogens is 224 g/mol. The van der Waals surface area contributed by atoms with Crippen LogP contribution in [0.15, 0.2) is 36.9 Å². The molecule has 0 fully saturated rings. The van der Waals surface area contributed by atoms with E-state index in [-0.39, 0.29) is 17.4 Å². The summed E-state index contributed by atoms with van der Waals surface area (Å²) in [6, 6.07) is 7.95. The average molecular weight is 248 g/mol. The van der Waals surface area contributed by atoms with Crippen molar-refractivity contribution in [2.75, 3.05) is 6.61 Å². The predicted molar refractivity (Wildman–Crippen MR) is 76.0 cm³/mol. The summed E-state index contributed by atoms with van der Waals surface area (Å²) < 4.78 is 5.46. The molecule has 0 heterocycles. The van der Waals surface area contributed by atoms with Crippen molar-refractivity contribution in [1.29, 1.82) is 0 Å². The summed E-state index contributed by atoms with van der Waals surface area (Å²) in [6.45, 7) is 12.4. The minimum absolute atomic E-state index is 0.0255. The van der Waals surface area contributed by atoms with Gasteiger partial charge in [-0.15, -0.1) is 0 Å². The molecule has 0 spiro atoms. The first-order valence-electron chi connectivity index (χ1n) is 6.38. The lowest BCUT2D eigenvalue weighted by Crippen LogP contribution is -2.28. The number of hydrogen-bond acceptors (Lipinski definition) is 2. The average Bonchev–Trinajstić information content (AvgIpc) is 2.25. The lowest BCUT2D eigenvalue weighted by molar-refractivity contribution is 0.105. The third kappa shape index (κ3) is 3.88. The van der Waals surface area contributed by atoms with Crippen LogP contribution in [0.1, 0.15) is 39.2 Å². The normalized spacial score (nSPS) is 14.9. The van der Waals surface area contributed by atoms with Crippen molar-refractivity contribution in [3.05, 3.63) is 42.5 Å². The van der Waals surface area contributed by atoms with Gasteiger partial charge in [0.2, 0.25) is 0 Å². The van der Waals surface area contributed by atoms with Crippen LogP contribution in [0, 0.1) is 5.41 Å². The van der Waals surface area contributed by atoms with Crippen LogP contribution in [0.2, 0.25) is 0 Å². The van der Waals surface area contributed by atoms with Gasteiger partial charge in [-0.1, -0.05) is 45.6 Å². The second kappa shape index (κ2) is 6.05. The highest BCUT2D eigenvalue weighted by Gasteiger charge is 2.30. The summed E-state index contributed by atoms with van der Waals surface area (Å²) >= 11 is 0. The van der Waals surface area contributed by atoms with Gasteiger partial charge in [-0.05, 0) is 30.0 Å². The third-order valence-corrected chi connectivity index (χ3v) is 3.02. The summed E-state index contributed by atoms with van der Waals surface area (Å²) in [7, 11) is 0. The van der Waals surface area contributed by atoms with Crippen LogP contribution < -0.4 is 4.74 Å². The first-order valence-corrected chi connectivity index (χ1v) is 6.38. The standard InChI is InChI=1S/C16H24O2/c1-6-11-18-14-9-7-13(8-10-14)15(12(2)17)16(3,4)5/h6-10,12,15,17H,1,11H2,2-5H3. The zero-order valence-corrected chi connectivity index (χ0v) is 11.8. The second-order valence-electron chi connectivity index (χ2n) is 5.75. The molecule has 2 atom stereocenters. The Labute approximate surface area is 110 Å². The molecule has 0 amide bonds. The Hall–Kier alpha value is -1.28. The largest absolute Gasteiger partial charge is 0.490 e. The molecule has 0 radical (unpaired) electrons. The molecule has 0 aliphatic rings. The minimum Gasteiger partial charge on any atom is -0.490 e. The van der Waals surface area contributed by atoms with E-state index in [1.54, 1.807) is 6.08 Å². The van der Waals surface area contributed by atoms with Crippen LogP contribution in [-0.2, 0) is 0 Å². The van der Waals surface area contributed by atoms with Gasteiger partial charge in [-0.2, -0.15) is 0 Å². The van der Waals surface area contributed by atoms with E-state index < -0.39 is 0 Å². The highest BCUT2D eigenvalue weighted by Crippen LogP contribution is 2.38. The van der Waals surface area contributed by atoms with Crippen LogP contribution >= 0.6 is 0 Å². The van der Waals surface area contributed by atoms with E-state index in [1.807, 2.05) is 31.2 Å². The molecule has 18 heavy (non-hydrogen) atoms. The minimum atomic E-state index is -0.370. The summed E-state index contributed by atoms with van der Waals surface area (Å²) in [5.74, 6) is 0.947. The van der Waals surface area contributed by atoms with Crippen molar-refractivity contribution in [3.8, 4) is 5.75 Å². The van der Waals surface area contributed by atoms with Crippen molar-refractivity contribution >= 4 is 0 Å². The smallest absolute Gasteiger partial charge is 0.119 e. The molecule has 1 N–H and O–H groups in total. The number of hydrogen-bond donors (Lipinski definition) is 1. The Balaban J connectivity index is 2.91. The number of rotatable bonds is 5. The first kappa shape index (κ1) is 14.8. The Kier molecular flexibility index (Phi) is 4.97. The highest BCUT2D eigenvalue weighted by atomic mass is 16.5. The maximum Gasteiger partial charge on any atom is 0.119 e. The topological polar surface area (TPSA) is 29.5 Å². The molecule has 0 aliphatic carbocycles. The predicted octanol–water partition coefficient (Wildman–Crippen LogP) is 3.76. The number of aliphatic hydroxyl groups is 1. The van der Waals surface area contributed by atoms with Crippen molar-refractivity contribution in [1.82, 2.24) is 0 Å². The van der Waals surface area contributed by atoms with Gasteiger partial charge in [-0.3, -0.25) is 0 Å². The van der Waals surface area contributed by atoms with Gasteiger partial charge in [0.25, 0.3) is 0 Å². The summed E-state index contributed by atoms with van der Waals surface area (Å²) in [6.07, 6.45) is 1.35. The summed E-state index contributed by atoms with van der Waals surface area (Å²) in [5, 5.41) is 9.97. The molecule has 0 aliphatic heterocycles. The van der Waals surface area contributed by atoms with Gasteiger partial charge < -0.3 is 9.84 Å². The van der Waals surface area contributed by atoms with E-state index in [2.05, 4.69) is 27.4 Å². The zero-order valence-electron chi connectivity index (χ0n) is 11.8. The molecule has 100 valence electrons. The Morgan fingerprint density at radius 2 is 1.83 bits per heavy atom. The number of benzene rings is 1. The molecule has 0 aromatic heterocycles. The maximum absolute atomic E-state index is 9.97. The van der Waals surface area contributed by atoms with Crippen LogP contribution in [0.25, 0.3) is 0 Å². The SMILES string of the molecule is C=CCOc1ccc(C(C(C)O)C(C)(C)C)cc1. The number of ether oxygens (including phenoxy) is 1. The van der Waals surface area contributed by atoms with Gasteiger partial charge in [-0.25, -0.2) is 0 Å².